The molecule has 3 nitrogen and oxygen atoms in total. The van der Waals surface area contributed by atoms with Crippen LogP contribution in [0.4, 0.5) is 5.82 Å². The van der Waals surface area contributed by atoms with Crippen molar-refractivity contribution in [3.05, 3.63) is 34.5 Å². The zero-order valence-electron chi connectivity index (χ0n) is 9.74. The first-order valence-electron chi connectivity index (χ1n) is 5.75. The quantitative estimate of drug-likeness (QED) is 0.849. The third-order valence-corrected chi connectivity index (χ3v) is 3.46. The molecule has 90 valence electrons. The number of amides is 1. The summed E-state index contributed by atoms with van der Waals surface area (Å²) in [6, 6.07) is 1.95. The average Bonchev–Trinajstić information content (AvgIpc) is 2.34. The van der Waals surface area contributed by atoms with Gasteiger partial charge in [0.2, 0.25) is 5.91 Å². The minimum absolute atomic E-state index is 0.0615. The summed E-state index contributed by atoms with van der Waals surface area (Å²) in [5, 5.41) is 2.88. The number of pyridine rings is 1. The van der Waals surface area contributed by atoms with Crippen molar-refractivity contribution in [1.29, 1.82) is 0 Å². The number of anilines is 1. The molecule has 0 saturated heterocycles. The fourth-order valence-corrected chi connectivity index (χ4v) is 2.44. The third kappa shape index (κ3) is 3.16. The van der Waals surface area contributed by atoms with Gasteiger partial charge in [-0.05, 0) is 53.7 Å². The van der Waals surface area contributed by atoms with E-state index in [-0.39, 0.29) is 11.8 Å². The van der Waals surface area contributed by atoms with Crippen molar-refractivity contribution in [2.24, 2.45) is 5.92 Å². The Kier molecular flexibility index (Phi) is 3.94. The van der Waals surface area contributed by atoms with E-state index in [1.54, 1.807) is 6.20 Å². The van der Waals surface area contributed by atoms with Gasteiger partial charge in [-0.25, -0.2) is 4.98 Å². The van der Waals surface area contributed by atoms with E-state index in [1.807, 2.05) is 13.0 Å². The van der Waals surface area contributed by atoms with Crippen LogP contribution >= 0.6 is 15.9 Å². The average molecular weight is 295 g/mol. The lowest BCUT2D eigenvalue weighted by Crippen LogP contribution is -2.24. The SMILES string of the molecule is Cc1cnc(NC(=O)C2CC=CCC2)c(Br)c1. The number of carbonyl (C=O) groups excluding carboxylic acids is 1. The standard InChI is InChI=1S/C13H15BrN2O/c1-9-7-11(14)12(15-8-9)16-13(17)10-5-3-2-4-6-10/h2-3,7-8,10H,4-6H2,1H3,(H,15,16,17). The van der Waals surface area contributed by atoms with Crippen LogP contribution in [0.15, 0.2) is 28.9 Å². The monoisotopic (exact) mass is 294 g/mol. The number of allylic oxidation sites excluding steroid dienone is 2. The van der Waals surface area contributed by atoms with Crippen LogP contribution in [0.1, 0.15) is 24.8 Å². The number of hydrogen-bond donors (Lipinski definition) is 1. The summed E-state index contributed by atoms with van der Waals surface area (Å²) in [6.45, 7) is 1.97. The molecule has 1 aliphatic rings. The van der Waals surface area contributed by atoms with Crippen LogP contribution < -0.4 is 5.32 Å². The van der Waals surface area contributed by atoms with E-state index < -0.39 is 0 Å². The zero-order chi connectivity index (χ0) is 12.3. The number of aryl methyl sites for hydroxylation is 1. The Labute approximate surface area is 109 Å². The van der Waals surface area contributed by atoms with Crippen LogP contribution in [-0.2, 0) is 4.79 Å². The highest BCUT2D eigenvalue weighted by Crippen LogP contribution is 2.24. The number of nitrogens with one attached hydrogen (secondary N) is 1. The largest absolute Gasteiger partial charge is 0.310 e. The topological polar surface area (TPSA) is 42.0 Å². The van der Waals surface area contributed by atoms with E-state index in [0.29, 0.717) is 5.82 Å². The highest BCUT2D eigenvalue weighted by atomic mass is 79.9. The first-order chi connectivity index (χ1) is 8.16. The molecule has 1 aliphatic carbocycles. The molecule has 0 bridgehead atoms. The number of nitrogens with zero attached hydrogens (tertiary/aromatic N) is 1. The molecular formula is C13H15BrN2O. The maximum atomic E-state index is 12.0. The molecular weight excluding hydrogens is 280 g/mol. The molecule has 1 aromatic heterocycles. The third-order valence-electron chi connectivity index (χ3n) is 2.86. The number of hydrogen-bond acceptors (Lipinski definition) is 2. The van der Waals surface area contributed by atoms with Crippen LogP contribution in [-0.4, -0.2) is 10.9 Å². The second-order valence-corrected chi connectivity index (χ2v) is 5.17. The zero-order valence-corrected chi connectivity index (χ0v) is 11.3. The van der Waals surface area contributed by atoms with Gasteiger partial charge >= 0.3 is 0 Å². The van der Waals surface area contributed by atoms with Gasteiger partial charge in [0.05, 0.1) is 4.47 Å². The molecule has 1 atom stereocenters. The summed E-state index contributed by atoms with van der Waals surface area (Å²) in [5.41, 5.74) is 1.07. The molecule has 17 heavy (non-hydrogen) atoms. The molecule has 0 aliphatic heterocycles. The maximum absolute atomic E-state index is 12.0. The van der Waals surface area contributed by atoms with Crippen molar-refractivity contribution in [1.82, 2.24) is 4.98 Å². The normalized spacial score (nSPS) is 19.1. The lowest BCUT2D eigenvalue weighted by molar-refractivity contribution is -0.120. The van der Waals surface area contributed by atoms with Gasteiger partial charge in [0.1, 0.15) is 5.82 Å². The summed E-state index contributed by atoms with van der Waals surface area (Å²) >= 11 is 3.41. The summed E-state index contributed by atoms with van der Waals surface area (Å²) < 4.78 is 0.831. The smallest absolute Gasteiger partial charge is 0.228 e. The van der Waals surface area contributed by atoms with Gasteiger partial charge in [-0.1, -0.05) is 12.2 Å². The van der Waals surface area contributed by atoms with Gasteiger partial charge < -0.3 is 5.32 Å². The predicted molar refractivity (Wildman–Crippen MR) is 71.8 cm³/mol. The van der Waals surface area contributed by atoms with Gasteiger partial charge in [0.25, 0.3) is 0 Å². The van der Waals surface area contributed by atoms with Crippen LogP contribution in [0.3, 0.4) is 0 Å². The van der Waals surface area contributed by atoms with Crippen molar-refractivity contribution in [2.45, 2.75) is 26.2 Å². The molecule has 1 N–H and O–H groups in total. The van der Waals surface area contributed by atoms with E-state index in [4.69, 9.17) is 0 Å². The Bertz CT molecular complexity index is 457. The lowest BCUT2D eigenvalue weighted by atomic mass is 9.94. The van der Waals surface area contributed by atoms with E-state index in [2.05, 4.69) is 38.4 Å². The van der Waals surface area contributed by atoms with Gasteiger partial charge in [-0.15, -0.1) is 0 Å². The van der Waals surface area contributed by atoms with Gasteiger partial charge in [0.15, 0.2) is 0 Å². The second kappa shape index (κ2) is 5.45. The molecule has 1 heterocycles. The molecule has 0 radical (unpaired) electrons. The molecule has 0 fully saturated rings. The molecule has 2 rings (SSSR count). The summed E-state index contributed by atoms with van der Waals surface area (Å²) in [7, 11) is 0. The lowest BCUT2D eigenvalue weighted by Gasteiger charge is -2.17. The van der Waals surface area contributed by atoms with Crippen LogP contribution in [0.5, 0.6) is 0 Å². The van der Waals surface area contributed by atoms with Gasteiger partial charge in [-0.2, -0.15) is 0 Å². The number of carbonyl (C=O) groups is 1. The predicted octanol–water partition coefficient (Wildman–Crippen LogP) is 3.45. The van der Waals surface area contributed by atoms with E-state index >= 15 is 0 Å². The summed E-state index contributed by atoms with van der Waals surface area (Å²) in [5.74, 6) is 0.747. The minimum Gasteiger partial charge on any atom is -0.310 e. The fraction of sp³-hybridized carbons (Fsp3) is 0.385. The van der Waals surface area contributed by atoms with Crippen molar-refractivity contribution >= 4 is 27.7 Å². The van der Waals surface area contributed by atoms with E-state index in [0.717, 1.165) is 29.3 Å². The number of aromatic nitrogens is 1. The van der Waals surface area contributed by atoms with Crippen LogP contribution in [0.25, 0.3) is 0 Å². The van der Waals surface area contributed by atoms with Gasteiger partial charge in [0, 0.05) is 12.1 Å². The molecule has 0 aromatic carbocycles. The Morgan fingerprint density at radius 2 is 2.35 bits per heavy atom. The fourth-order valence-electron chi connectivity index (χ4n) is 1.88. The Balaban J connectivity index is 2.05. The van der Waals surface area contributed by atoms with Crippen molar-refractivity contribution in [2.75, 3.05) is 5.32 Å². The van der Waals surface area contributed by atoms with Gasteiger partial charge in [-0.3, -0.25) is 4.79 Å². The molecule has 1 amide bonds. The van der Waals surface area contributed by atoms with E-state index in [9.17, 15) is 4.79 Å². The Morgan fingerprint density at radius 1 is 1.53 bits per heavy atom. The molecule has 0 saturated carbocycles. The summed E-state index contributed by atoms with van der Waals surface area (Å²) in [6.07, 6.45) is 8.69. The highest BCUT2D eigenvalue weighted by Gasteiger charge is 2.19. The van der Waals surface area contributed by atoms with Crippen molar-refractivity contribution in [3.8, 4) is 0 Å². The molecule has 4 heteroatoms. The second-order valence-electron chi connectivity index (χ2n) is 4.31. The highest BCUT2D eigenvalue weighted by molar-refractivity contribution is 9.10. The Morgan fingerprint density at radius 3 is 3.00 bits per heavy atom. The number of rotatable bonds is 2. The molecule has 1 unspecified atom stereocenters. The minimum atomic E-state index is 0.0615. The van der Waals surface area contributed by atoms with Crippen LogP contribution in [0, 0.1) is 12.8 Å². The van der Waals surface area contributed by atoms with Crippen molar-refractivity contribution in [3.63, 3.8) is 0 Å². The van der Waals surface area contributed by atoms with Crippen molar-refractivity contribution < 1.29 is 4.79 Å². The first-order valence-corrected chi connectivity index (χ1v) is 6.54. The maximum Gasteiger partial charge on any atom is 0.228 e. The Hall–Kier alpha value is -1.16. The molecule has 0 spiro atoms. The molecule has 1 aromatic rings. The van der Waals surface area contributed by atoms with Crippen LogP contribution in [0.2, 0.25) is 0 Å². The first kappa shape index (κ1) is 12.3. The number of halogens is 1. The summed E-state index contributed by atoms with van der Waals surface area (Å²) in [4.78, 5) is 16.2. The van der Waals surface area contributed by atoms with E-state index in [1.165, 1.54) is 0 Å².